The van der Waals surface area contributed by atoms with Crippen LogP contribution in [0.5, 0.6) is 0 Å². The molecule has 1 unspecified atom stereocenters. The molecule has 1 aromatic rings. The molecule has 0 aliphatic heterocycles. The van der Waals surface area contributed by atoms with E-state index in [1.165, 1.54) is 12.8 Å². The Kier molecular flexibility index (Phi) is 7.35. The maximum absolute atomic E-state index is 11.9. The molecule has 0 aliphatic rings. The summed E-state index contributed by atoms with van der Waals surface area (Å²) in [7, 11) is 0. The van der Waals surface area contributed by atoms with Crippen LogP contribution in [-0.2, 0) is 4.74 Å². The van der Waals surface area contributed by atoms with Gasteiger partial charge < -0.3 is 4.74 Å². The molecule has 0 heterocycles. The first-order valence-corrected chi connectivity index (χ1v) is 6.97. The Bertz CT molecular complexity index is 332. The number of carbonyl (C=O) groups is 1. The Morgan fingerprint density at radius 1 is 1.11 bits per heavy atom. The normalized spacial score (nSPS) is 12.3. The molecule has 0 aliphatic carbocycles. The molecule has 0 bridgehead atoms. The maximum atomic E-state index is 11.9. The van der Waals surface area contributed by atoms with Crippen LogP contribution in [0.25, 0.3) is 0 Å². The Labute approximate surface area is 110 Å². The van der Waals surface area contributed by atoms with Crippen LogP contribution >= 0.6 is 0 Å². The number of hydrogen-bond donors (Lipinski definition) is 0. The maximum Gasteiger partial charge on any atom is 0.188 e. The van der Waals surface area contributed by atoms with Gasteiger partial charge in [0.05, 0.1) is 6.10 Å². The second-order valence-corrected chi connectivity index (χ2v) is 4.65. The molecule has 100 valence electrons. The highest BCUT2D eigenvalue weighted by molar-refractivity contribution is 5.96. The van der Waals surface area contributed by atoms with Gasteiger partial charge in [0.1, 0.15) is 6.61 Å². The van der Waals surface area contributed by atoms with E-state index in [1.807, 2.05) is 30.3 Å². The van der Waals surface area contributed by atoms with Crippen molar-refractivity contribution in [3.63, 3.8) is 0 Å². The van der Waals surface area contributed by atoms with Crippen molar-refractivity contribution in [3.8, 4) is 0 Å². The van der Waals surface area contributed by atoms with Crippen molar-refractivity contribution in [3.05, 3.63) is 35.9 Å². The van der Waals surface area contributed by atoms with Gasteiger partial charge in [0, 0.05) is 5.56 Å². The van der Waals surface area contributed by atoms with Crippen molar-refractivity contribution < 1.29 is 9.53 Å². The fraction of sp³-hybridized carbons (Fsp3) is 0.562. The van der Waals surface area contributed by atoms with Gasteiger partial charge in [-0.1, -0.05) is 63.4 Å². The molecule has 0 spiro atoms. The minimum absolute atomic E-state index is 0.0770. The zero-order valence-corrected chi connectivity index (χ0v) is 11.5. The highest BCUT2D eigenvalue weighted by Gasteiger charge is 2.11. The smallest absolute Gasteiger partial charge is 0.188 e. The quantitative estimate of drug-likeness (QED) is 0.611. The molecule has 0 saturated carbocycles. The molecule has 18 heavy (non-hydrogen) atoms. The van der Waals surface area contributed by atoms with Crippen molar-refractivity contribution in [2.75, 3.05) is 6.61 Å². The number of hydrogen-bond acceptors (Lipinski definition) is 2. The van der Waals surface area contributed by atoms with Crippen LogP contribution in [0.3, 0.4) is 0 Å². The third-order valence-corrected chi connectivity index (χ3v) is 3.04. The summed E-state index contributed by atoms with van der Waals surface area (Å²) in [4.78, 5) is 11.9. The summed E-state index contributed by atoms with van der Waals surface area (Å²) in [5, 5.41) is 0. The first-order chi connectivity index (χ1) is 8.77. The molecule has 0 amide bonds. The summed E-state index contributed by atoms with van der Waals surface area (Å²) in [5.41, 5.74) is 0.739. The van der Waals surface area contributed by atoms with Crippen LogP contribution in [0, 0.1) is 0 Å². The van der Waals surface area contributed by atoms with E-state index in [9.17, 15) is 4.79 Å². The molecule has 0 N–H and O–H groups in total. The van der Waals surface area contributed by atoms with Gasteiger partial charge in [-0.2, -0.15) is 0 Å². The standard InChI is InChI=1S/C16H24O2/c1-3-5-12-15(9-4-2)18-13-16(17)14-10-7-6-8-11-14/h6-8,10-11,15H,3-5,9,12-13H2,1-2H3. The van der Waals surface area contributed by atoms with Gasteiger partial charge in [0.2, 0.25) is 0 Å². The fourth-order valence-electron chi connectivity index (χ4n) is 1.97. The largest absolute Gasteiger partial charge is 0.370 e. The van der Waals surface area contributed by atoms with E-state index in [4.69, 9.17) is 4.74 Å². The molecule has 0 aromatic heterocycles. The summed E-state index contributed by atoms with van der Waals surface area (Å²) >= 11 is 0. The molecule has 2 nitrogen and oxygen atoms in total. The van der Waals surface area contributed by atoms with E-state index >= 15 is 0 Å². The topological polar surface area (TPSA) is 26.3 Å². The number of ketones is 1. The summed E-state index contributed by atoms with van der Waals surface area (Å²) in [5.74, 6) is 0.0770. The van der Waals surface area contributed by atoms with Crippen LogP contribution in [0.4, 0.5) is 0 Å². The summed E-state index contributed by atoms with van der Waals surface area (Å²) < 4.78 is 5.75. The second kappa shape index (κ2) is 8.87. The minimum Gasteiger partial charge on any atom is -0.370 e. The van der Waals surface area contributed by atoms with Crippen LogP contribution in [0.1, 0.15) is 56.3 Å². The van der Waals surface area contributed by atoms with Crippen molar-refractivity contribution in [1.29, 1.82) is 0 Å². The minimum atomic E-state index is 0.0770. The zero-order chi connectivity index (χ0) is 13.2. The van der Waals surface area contributed by atoms with E-state index < -0.39 is 0 Å². The lowest BCUT2D eigenvalue weighted by atomic mass is 10.1. The third-order valence-electron chi connectivity index (χ3n) is 3.04. The summed E-state index contributed by atoms with van der Waals surface area (Å²) in [6.45, 7) is 4.54. The van der Waals surface area contributed by atoms with E-state index in [0.29, 0.717) is 0 Å². The van der Waals surface area contributed by atoms with Gasteiger partial charge in [-0.05, 0) is 12.8 Å². The van der Waals surface area contributed by atoms with Gasteiger partial charge in [0.25, 0.3) is 0 Å². The number of carbonyl (C=O) groups excluding carboxylic acids is 1. The van der Waals surface area contributed by atoms with Crippen LogP contribution in [0.2, 0.25) is 0 Å². The van der Waals surface area contributed by atoms with Crippen molar-refractivity contribution in [2.45, 2.75) is 52.1 Å². The van der Waals surface area contributed by atoms with Crippen LogP contribution in [-0.4, -0.2) is 18.5 Å². The highest BCUT2D eigenvalue weighted by atomic mass is 16.5. The average Bonchev–Trinajstić information content (AvgIpc) is 2.42. The number of rotatable bonds is 9. The van der Waals surface area contributed by atoms with E-state index in [-0.39, 0.29) is 18.5 Å². The van der Waals surface area contributed by atoms with Crippen molar-refractivity contribution in [1.82, 2.24) is 0 Å². The third kappa shape index (κ3) is 5.46. The molecule has 0 saturated heterocycles. The molecule has 1 atom stereocenters. The van der Waals surface area contributed by atoms with E-state index in [0.717, 1.165) is 24.8 Å². The first-order valence-electron chi connectivity index (χ1n) is 6.97. The van der Waals surface area contributed by atoms with Crippen LogP contribution < -0.4 is 0 Å². The van der Waals surface area contributed by atoms with Crippen molar-refractivity contribution in [2.24, 2.45) is 0 Å². The molecular formula is C16H24O2. The Morgan fingerprint density at radius 3 is 2.44 bits per heavy atom. The first kappa shape index (κ1) is 14.9. The van der Waals surface area contributed by atoms with Gasteiger partial charge in [-0.15, -0.1) is 0 Å². The summed E-state index contributed by atoms with van der Waals surface area (Å²) in [6.07, 6.45) is 5.80. The lowest BCUT2D eigenvalue weighted by Crippen LogP contribution is -2.18. The lowest BCUT2D eigenvalue weighted by molar-refractivity contribution is 0.0365. The SMILES string of the molecule is CCCCC(CCC)OCC(=O)c1ccccc1. The predicted octanol–water partition coefficient (Wildman–Crippen LogP) is 4.24. The van der Waals surface area contributed by atoms with E-state index in [2.05, 4.69) is 13.8 Å². The number of Topliss-reactive ketones (excluding diaryl/α,β-unsaturated/α-hetero) is 1. The number of ether oxygens (including phenoxy) is 1. The molecular weight excluding hydrogens is 224 g/mol. The average molecular weight is 248 g/mol. The Hall–Kier alpha value is -1.15. The van der Waals surface area contributed by atoms with E-state index in [1.54, 1.807) is 0 Å². The number of unbranched alkanes of at least 4 members (excludes halogenated alkanes) is 1. The lowest BCUT2D eigenvalue weighted by Gasteiger charge is -2.16. The summed E-state index contributed by atoms with van der Waals surface area (Å²) in [6, 6.07) is 9.36. The predicted molar refractivity (Wildman–Crippen MR) is 74.9 cm³/mol. The van der Waals surface area contributed by atoms with Crippen molar-refractivity contribution >= 4 is 5.78 Å². The zero-order valence-electron chi connectivity index (χ0n) is 11.5. The Balaban J connectivity index is 2.39. The fourth-order valence-corrected chi connectivity index (χ4v) is 1.97. The molecule has 0 radical (unpaired) electrons. The molecule has 1 rings (SSSR count). The molecule has 0 fully saturated rings. The molecule has 1 aromatic carbocycles. The Morgan fingerprint density at radius 2 is 1.83 bits per heavy atom. The van der Waals surface area contributed by atoms with Gasteiger partial charge in [-0.3, -0.25) is 4.79 Å². The monoisotopic (exact) mass is 248 g/mol. The van der Waals surface area contributed by atoms with Crippen LogP contribution in [0.15, 0.2) is 30.3 Å². The van der Waals surface area contributed by atoms with Gasteiger partial charge in [-0.25, -0.2) is 0 Å². The van der Waals surface area contributed by atoms with Gasteiger partial charge >= 0.3 is 0 Å². The molecule has 2 heteroatoms. The second-order valence-electron chi connectivity index (χ2n) is 4.65. The highest BCUT2D eigenvalue weighted by Crippen LogP contribution is 2.12. The number of benzene rings is 1. The van der Waals surface area contributed by atoms with Gasteiger partial charge in [0.15, 0.2) is 5.78 Å².